The van der Waals surface area contributed by atoms with Crippen molar-refractivity contribution in [1.29, 1.82) is 0 Å². The molecule has 38 heavy (non-hydrogen) atoms. The number of amides is 6. The van der Waals surface area contributed by atoms with Gasteiger partial charge >= 0.3 is 5.97 Å². The molecule has 4 atom stereocenters. The minimum atomic E-state index is -1.70. The molecule has 6 amide bonds. The number of nitrogens with one attached hydrogen (secondary N) is 3. The second-order valence-corrected chi connectivity index (χ2v) is 8.50. The molecule has 0 spiro atoms. The molecule has 0 heterocycles. The van der Waals surface area contributed by atoms with Gasteiger partial charge in [0, 0.05) is 12.8 Å². The van der Waals surface area contributed by atoms with Gasteiger partial charge in [0.25, 0.3) is 0 Å². The van der Waals surface area contributed by atoms with E-state index >= 15 is 0 Å². The Labute approximate surface area is 218 Å². The summed E-state index contributed by atoms with van der Waals surface area (Å²) < 4.78 is 0. The summed E-state index contributed by atoms with van der Waals surface area (Å²) in [5.41, 5.74) is 22.0. The smallest absolute Gasteiger partial charge is 0.326 e. The van der Waals surface area contributed by atoms with E-state index in [1.165, 1.54) is 0 Å². The zero-order chi connectivity index (χ0) is 28.8. The number of carbonyl (C=O) groups is 7. The standard InChI is InChI=1S/C23H33N7O8/c24-13(10-12-4-2-1-3-5-12)20(34)28-14(6-8-17(25)31)21(35)29-15(7-9-18(26)32)22(36)30-16(23(37)38)11-19(27)33/h1-5,13-16H,6-11,24H2,(H2,25,31)(H2,26,32)(H2,27,33)(H,28,34)(H,29,35)(H,30,36)(H,37,38). The fourth-order valence-corrected chi connectivity index (χ4v) is 3.30. The molecule has 208 valence electrons. The lowest BCUT2D eigenvalue weighted by molar-refractivity contribution is -0.144. The molecule has 0 bridgehead atoms. The summed E-state index contributed by atoms with van der Waals surface area (Å²) in [5.74, 6) is -6.83. The van der Waals surface area contributed by atoms with E-state index < -0.39 is 72.0 Å². The number of benzene rings is 1. The minimum absolute atomic E-state index is 0.150. The summed E-state index contributed by atoms with van der Waals surface area (Å²) in [6.07, 6.45) is -1.82. The number of rotatable bonds is 17. The van der Waals surface area contributed by atoms with E-state index in [9.17, 15) is 38.7 Å². The van der Waals surface area contributed by atoms with Crippen LogP contribution in [-0.4, -0.2) is 70.7 Å². The molecule has 1 aromatic rings. The zero-order valence-corrected chi connectivity index (χ0v) is 20.6. The predicted molar refractivity (Wildman–Crippen MR) is 132 cm³/mol. The van der Waals surface area contributed by atoms with E-state index in [1.807, 2.05) is 0 Å². The minimum Gasteiger partial charge on any atom is -0.480 e. The average molecular weight is 536 g/mol. The van der Waals surface area contributed by atoms with Crippen molar-refractivity contribution in [2.75, 3.05) is 0 Å². The summed E-state index contributed by atoms with van der Waals surface area (Å²) in [6, 6.07) is 3.23. The molecule has 0 saturated carbocycles. The lowest BCUT2D eigenvalue weighted by atomic mass is 10.0. The summed E-state index contributed by atoms with van der Waals surface area (Å²) in [6.45, 7) is 0. The Balaban J connectivity index is 3.03. The fraction of sp³-hybridized carbons (Fsp3) is 0.435. The third-order valence-corrected chi connectivity index (χ3v) is 5.28. The molecule has 0 fully saturated rings. The number of aliphatic carboxylic acids is 1. The van der Waals surface area contributed by atoms with Crippen LogP contribution in [0.3, 0.4) is 0 Å². The number of hydrogen-bond acceptors (Lipinski definition) is 8. The van der Waals surface area contributed by atoms with Gasteiger partial charge in [0.2, 0.25) is 35.4 Å². The lowest BCUT2D eigenvalue weighted by Gasteiger charge is -2.25. The van der Waals surface area contributed by atoms with Gasteiger partial charge in [-0.05, 0) is 24.8 Å². The van der Waals surface area contributed by atoms with Gasteiger partial charge < -0.3 is 44.0 Å². The first-order valence-corrected chi connectivity index (χ1v) is 11.6. The highest BCUT2D eigenvalue weighted by Crippen LogP contribution is 2.06. The Hall–Kier alpha value is -4.53. The molecule has 4 unspecified atom stereocenters. The van der Waals surface area contributed by atoms with Gasteiger partial charge in [0.05, 0.1) is 12.5 Å². The highest BCUT2D eigenvalue weighted by atomic mass is 16.4. The maximum absolute atomic E-state index is 13.0. The molecule has 12 N–H and O–H groups in total. The van der Waals surface area contributed by atoms with Crippen LogP contribution in [0.25, 0.3) is 0 Å². The van der Waals surface area contributed by atoms with Crippen LogP contribution in [0.2, 0.25) is 0 Å². The largest absolute Gasteiger partial charge is 0.480 e. The SMILES string of the molecule is NC(=O)CCC(NC(=O)C(N)Cc1ccccc1)C(=O)NC(CCC(N)=O)C(=O)NC(CC(N)=O)C(=O)O. The Morgan fingerprint density at radius 2 is 1.13 bits per heavy atom. The molecule has 1 aromatic carbocycles. The molecule has 0 aromatic heterocycles. The summed E-state index contributed by atoms with van der Waals surface area (Å²) >= 11 is 0. The Kier molecular flexibility index (Phi) is 12.9. The highest BCUT2D eigenvalue weighted by molar-refractivity contribution is 5.95. The molecule has 15 heteroatoms. The normalized spacial score (nSPS) is 13.7. The molecule has 0 radical (unpaired) electrons. The van der Waals surface area contributed by atoms with E-state index in [0.717, 1.165) is 5.56 Å². The van der Waals surface area contributed by atoms with Crippen molar-refractivity contribution in [1.82, 2.24) is 16.0 Å². The van der Waals surface area contributed by atoms with E-state index in [-0.39, 0.29) is 32.1 Å². The van der Waals surface area contributed by atoms with Crippen molar-refractivity contribution in [2.24, 2.45) is 22.9 Å². The third-order valence-electron chi connectivity index (χ3n) is 5.28. The van der Waals surface area contributed by atoms with Crippen molar-refractivity contribution in [3.05, 3.63) is 35.9 Å². The number of hydrogen-bond donors (Lipinski definition) is 8. The van der Waals surface area contributed by atoms with Crippen LogP contribution in [-0.2, 0) is 40.0 Å². The van der Waals surface area contributed by atoms with Gasteiger partial charge in [0.1, 0.15) is 18.1 Å². The number of carbonyl (C=O) groups excluding carboxylic acids is 6. The van der Waals surface area contributed by atoms with Gasteiger partial charge in [-0.3, -0.25) is 28.8 Å². The topological polar surface area (TPSA) is 280 Å². The van der Waals surface area contributed by atoms with Crippen LogP contribution in [0, 0.1) is 0 Å². The van der Waals surface area contributed by atoms with Crippen LogP contribution in [0.4, 0.5) is 0 Å². The van der Waals surface area contributed by atoms with Crippen LogP contribution in [0.5, 0.6) is 0 Å². The van der Waals surface area contributed by atoms with Crippen molar-refractivity contribution < 1.29 is 38.7 Å². The van der Waals surface area contributed by atoms with Crippen molar-refractivity contribution >= 4 is 41.4 Å². The molecule has 1 rings (SSSR count). The van der Waals surface area contributed by atoms with E-state index in [1.54, 1.807) is 30.3 Å². The number of primary amides is 3. The lowest BCUT2D eigenvalue weighted by Crippen LogP contribution is -2.57. The van der Waals surface area contributed by atoms with Crippen LogP contribution in [0.15, 0.2) is 30.3 Å². The van der Waals surface area contributed by atoms with E-state index in [0.29, 0.717) is 0 Å². The van der Waals surface area contributed by atoms with Crippen molar-refractivity contribution in [3.63, 3.8) is 0 Å². The summed E-state index contributed by atoms with van der Waals surface area (Å²) in [7, 11) is 0. The maximum atomic E-state index is 13.0. The Bertz CT molecular complexity index is 1030. The van der Waals surface area contributed by atoms with E-state index in [2.05, 4.69) is 16.0 Å². The van der Waals surface area contributed by atoms with Gasteiger partial charge in [-0.1, -0.05) is 30.3 Å². The Morgan fingerprint density at radius 3 is 1.55 bits per heavy atom. The van der Waals surface area contributed by atoms with Gasteiger partial charge in [-0.2, -0.15) is 0 Å². The van der Waals surface area contributed by atoms with Gasteiger partial charge in [-0.25, -0.2) is 4.79 Å². The first-order chi connectivity index (χ1) is 17.8. The quantitative estimate of drug-likeness (QED) is 0.0980. The Morgan fingerprint density at radius 1 is 0.684 bits per heavy atom. The first kappa shape index (κ1) is 31.5. The molecule has 0 aliphatic heterocycles. The van der Waals surface area contributed by atoms with Gasteiger partial charge in [0.15, 0.2) is 0 Å². The van der Waals surface area contributed by atoms with Crippen LogP contribution in [0.1, 0.15) is 37.7 Å². The second-order valence-electron chi connectivity index (χ2n) is 8.50. The number of carboxylic acids is 1. The maximum Gasteiger partial charge on any atom is 0.326 e. The average Bonchev–Trinajstić information content (AvgIpc) is 2.83. The third kappa shape index (κ3) is 11.9. The first-order valence-electron chi connectivity index (χ1n) is 11.6. The number of carboxylic acid groups (broad SMARTS) is 1. The van der Waals surface area contributed by atoms with Crippen molar-refractivity contribution in [2.45, 2.75) is 62.7 Å². The monoisotopic (exact) mass is 535 g/mol. The van der Waals surface area contributed by atoms with Gasteiger partial charge in [-0.15, -0.1) is 0 Å². The fourth-order valence-electron chi connectivity index (χ4n) is 3.30. The molecular formula is C23H33N7O8. The predicted octanol–water partition coefficient (Wildman–Crippen LogP) is -3.50. The van der Waals surface area contributed by atoms with Crippen molar-refractivity contribution in [3.8, 4) is 0 Å². The second kappa shape index (κ2) is 15.6. The summed E-state index contributed by atoms with van der Waals surface area (Å²) in [5, 5.41) is 16.0. The number of nitrogens with two attached hydrogens (primary N) is 4. The van der Waals surface area contributed by atoms with Crippen LogP contribution < -0.4 is 38.9 Å². The van der Waals surface area contributed by atoms with Crippen LogP contribution >= 0.6 is 0 Å². The zero-order valence-electron chi connectivity index (χ0n) is 20.6. The molecule has 0 aliphatic rings. The molecule has 0 saturated heterocycles. The highest BCUT2D eigenvalue weighted by Gasteiger charge is 2.31. The molecule has 0 aliphatic carbocycles. The molecule has 15 nitrogen and oxygen atoms in total. The molecular weight excluding hydrogens is 502 g/mol. The summed E-state index contributed by atoms with van der Waals surface area (Å²) in [4.78, 5) is 83.5. The van der Waals surface area contributed by atoms with E-state index in [4.69, 9.17) is 22.9 Å².